The van der Waals surface area contributed by atoms with Gasteiger partial charge in [-0.25, -0.2) is 4.98 Å². The van der Waals surface area contributed by atoms with Gasteiger partial charge in [-0.1, -0.05) is 12.1 Å². The molecule has 0 aliphatic rings. The molecule has 0 radical (unpaired) electrons. The van der Waals surface area contributed by atoms with Crippen molar-refractivity contribution >= 4 is 11.5 Å². The summed E-state index contributed by atoms with van der Waals surface area (Å²) in [4.78, 5) is 13.7. The van der Waals surface area contributed by atoms with Crippen LogP contribution in [0.4, 0.5) is 24.7 Å². The van der Waals surface area contributed by atoms with E-state index in [-0.39, 0.29) is 12.2 Å². The average Bonchev–Trinajstić information content (AvgIpc) is 2.45. The number of rotatable bonds is 4. The van der Waals surface area contributed by atoms with E-state index in [1.165, 1.54) is 24.3 Å². The lowest BCUT2D eigenvalue weighted by Crippen LogP contribution is -2.06. The molecule has 110 valence electrons. The van der Waals surface area contributed by atoms with Crippen LogP contribution < -0.4 is 5.32 Å². The molecule has 0 fully saturated rings. The van der Waals surface area contributed by atoms with Gasteiger partial charge in [-0.2, -0.15) is 13.2 Å². The number of alkyl halides is 3. The molecule has 2 rings (SSSR count). The Morgan fingerprint density at radius 2 is 1.81 bits per heavy atom. The Morgan fingerprint density at radius 3 is 2.29 bits per heavy atom. The molecule has 0 unspecified atom stereocenters. The Bertz CT molecular complexity index is 625. The number of nitrogens with one attached hydrogen (secondary N) is 1. The van der Waals surface area contributed by atoms with Crippen molar-refractivity contribution in [1.82, 2.24) is 4.98 Å². The maximum Gasteiger partial charge on any atom is 0.416 e. The minimum absolute atomic E-state index is 0.130. The summed E-state index contributed by atoms with van der Waals surface area (Å²) in [6, 6.07) is 7.45. The van der Waals surface area contributed by atoms with E-state index in [1.807, 2.05) is 0 Å². The van der Waals surface area contributed by atoms with Crippen molar-refractivity contribution in [2.75, 3.05) is 5.32 Å². The number of pyridine rings is 1. The van der Waals surface area contributed by atoms with Gasteiger partial charge < -0.3 is 5.32 Å². The number of hydrogen-bond acceptors (Lipinski definition) is 4. The van der Waals surface area contributed by atoms with Gasteiger partial charge in [0.05, 0.1) is 10.5 Å². The number of hydrogen-bond donors (Lipinski definition) is 1. The van der Waals surface area contributed by atoms with Crippen molar-refractivity contribution in [2.45, 2.75) is 12.7 Å². The molecular weight excluding hydrogens is 287 g/mol. The minimum atomic E-state index is -4.36. The molecule has 1 aromatic carbocycles. The highest BCUT2D eigenvalue weighted by Crippen LogP contribution is 2.29. The first-order valence-corrected chi connectivity index (χ1v) is 5.87. The van der Waals surface area contributed by atoms with Gasteiger partial charge in [0, 0.05) is 12.6 Å². The van der Waals surface area contributed by atoms with Gasteiger partial charge in [-0.15, -0.1) is 0 Å². The molecule has 0 amide bonds. The lowest BCUT2D eigenvalue weighted by molar-refractivity contribution is -0.385. The average molecular weight is 297 g/mol. The summed E-state index contributed by atoms with van der Waals surface area (Å²) < 4.78 is 37.2. The molecule has 0 saturated carbocycles. The summed E-state index contributed by atoms with van der Waals surface area (Å²) in [7, 11) is 0. The second-order valence-corrected chi connectivity index (χ2v) is 4.21. The smallest absolute Gasteiger partial charge is 0.366 e. The monoisotopic (exact) mass is 297 g/mol. The maximum atomic E-state index is 12.4. The van der Waals surface area contributed by atoms with Crippen molar-refractivity contribution in [3.05, 3.63) is 63.8 Å². The quantitative estimate of drug-likeness (QED) is 0.691. The highest BCUT2D eigenvalue weighted by atomic mass is 19.4. The fourth-order valence-corrected chi connectivity index (χ4v) is 1.60. The zero-order valence-corrected chi connectivity index (χ0v) is 10.6. The third-order valence-corrected chi connectivity index (χ3v) is 2.71. The Labute approximate surface area is 117 Å². The van der Waals surface area contributed by atoms with Crippen molar-refractivity contribution in [2.24, 2.45) is 0 Å². The van der Waals surface area contributed by atoms with Gasteiger partial charge in [0.1, 0.15) is 12.0 Å². The van der Waals surface area contributed by atoms with Crippen LogP contribution in [0.25, 0.3) is 0 Å². The Kier molecular flexibility index (Phi) is 4.06. The molecule has 1 heterocycles. The van der Waals surface area contributed by atoms with E-state index in [9.17, 15) is 23.3 Å². The zero-order valence-electron chi connectivity index (χ0n) is 10.6. The second-order valence-electron chi connectivity index (χ2n) is 4.21. The Hall–Kier alpha value is -2.64. The van der Waals surface area contributed by atoms with Crippen LogP contribution in [0, 0.1) is 10.1 Å². The number of benzene rings is 1. The summed E-state index contributed by atoms with van der Waals surface area (Å²) in [5, 5.41) is 13.3. The molecule has 0 spiro atoms. The second kappa shape index (κ2) is 5.78. The molecule has 2 aromatic rings. The molecule has 5 nitrogen and oxygen atoms in total. The van der Waals surface area contributed by atoms with Crippen LogP contribution in [0.3, 0.4) is 0 Å². The molecule has 8 heteroatoms. The fourth-order valence-electron chi connectivity index (χ4n) is 1.60. The van der Waals surface area contributed by atoms with Crippen LogP contribution >= 0.6 is 0 Å². The molecule has 0 aliphatic carbocycles. The third-order valence-electron chi connectivity index (χ3n) is 2.71. The van der Waals surface area contributed by atoms with E-state index >= 15 is 0 Å². The lowest BCUT2D eigenvalue weighted by Gasteiger charge is -2.08. The van der Waals surface area contributed by atoms with Crippen molar-refractivity contribution in [1.29, 1.82) is 0 Å². The highest BCUT2D eigenvalue weighted by molar-refractivity contribution is 5.41. The summed E-state index contributed by atoms with van der Waals surface area (Å²) >= 11 is 0. The summed E-state index contributed by atoms with van der Waals surface area (Å²) in [5.41, 5.74) is -0.196. The van der Waals surface area contributed by atoms with E-state index in [1.54, 1.807) is 0 Å². The van der Waals surface area contributed by atoms with Crippen LogP contribution in [0.2, 0.25) is 0 Å². The lowest BCUT2D eigenvalue weighted by atomic mass is 10.1. The Morgan fingerprint density at radius 1 is 1.14 bits per heavy atom. The topological polar surface area (TPSA) is 68.1 Å². The summed E-state index contributed by atoms with van der Waals surface area (Å²) in [5.74, 6) is 0.403. The van der Waals surface area contributed by atoms with Gasteiger partial charge >= 0.3 is 6.18 Å². The minimum Gasteiger partial charge on any atom is -0.366 e. The number of anilines is 1. The first-order valence-electron chi connectivity index (χ1n) is 5.87. The van der Waals surface area contributed by atoms with Gasteiger partial charge in [0.15, 0.2) is 0 Å². The van der Waals surface area contributed by atoms with Gasteiger partial charge in [-0.3, -0.25) is 10.1 Å². The number of halogens is 3. The van der Waals surface area contributed by atoms with E-state index in [0.29, 0.717) is 11.4 Å². The van der Waals surface area contributed by atoms with Gasteiger partial charge in [0.25, 0.3) is 5.69 Å². The molecule has 0 aliphatic heterocycles. The number of nitro groups is 1. The van der Waals surface area contributed by atoms with Crippen LogP contribution in [-0.2, 0) is 12.7 Å². The molecule has 1 N–H and O–H groups in total. The fraction of sp³-hybridized carbons (Fsp3) is 0.154. The molecule has 0 saturated heterocycles. The Balaban J connectivity index is 1.98. The van der Waals surface area contributed by atoms with E-state index in [2.05, 4.69) is 10.3 Å². The van der Waals surface area contributed by atoms with Crippen LogP contribution in [-0.4, -0.2) is 9.91 Å². The summed E-state index contributed by atoms with van der Waals surface area (Å²) in [6.45, 7) is 0.267. The van der Waals surface area contributed by atoms with E-state index in [0.717, 1.165) is 18.3 Å². The van der Waals surface area contributed by atoms with Crippen LogP contribution in [0.15, 0.2) is 42.6 Å². The third kappa shape index (κ3) is 3.91. The first kappa shape index (κ1) is 14.8. The van der Waals surface area contributed by atoms with Crippen molar-refractivity contribution in [3.8, 4) is 0 Å². The van der Waals surface area contributed by atoms with Gasteiger partial charge in [0.2, 0.25) is 0 Å². The van der Waals surface area contributed by atoms with Crippen LogP contribution in [0.1, 0.15) is 11.1 Å². The van der Waals surface area contributed by atoms with Gasteiger partial charge in [-0.05, 0) is 23.8 Å². The molecule has 0 atom stereocenters. The van der Waals surface area contributed by atoms with Crippen molar-refractivity contribution < 1.29 is 18.1 Å². The van der Waals surface area contributed by atoms with E-state index < -0.39 is 16.7 Å². The molecule has 1 aromatic heterocycles. The molecule has 0 bridgehead atoms. The standard InChI is InChI=1S/C13H10F3N3O2/c14-13(15,16)10-3-1-9(2-4-10)7-17-12-6-5-11(8-18-12)19(20)21/h1-6,8H,7H2,(H,17,18). The van der Waals surface area contributed by atoms with E-state index in [4.69, 9.17) is 0 Å². The first-order chi connectivity index (χ1) is 9.86. The summed E-state index contributed by atoms with van der Waals surface area (Å²) in [6.07, 6.45) is -3.25. The predicted octanol–water partition coefficient (Wildman–Crippen LogP) is 3.62. The number of nitrogens with zero attached hydrogens (tertiary/aromatic N) is 2. The van der Waals surface area contributed by atoms with Crippen LogP contribution in [0.5, 0.6) is 0 Å². The molecule has 21 heavy (non-hydrogen) atoms. The number of aromatic nitrogens is 1. The normalized spacial score (nSPS) is 11.2. The predicted molar refractivity (Wildman–Crippen MR) is 69.7 cm³/mol. The highest BCUT2D eigenvalue weighted by Gasteiger charge is 2.29. The SMILES string of the molecule is O=[N+]([O-])c1ccc(NCc2ccc(C(F)(F)F)cc2)nc1. The largest absolute Gasteiger partial charge is 0.416 e. The molecular formula is C13H10F3N3O2. The maximum absolute atomic E-state index is 12.4. The zero-order chi connectivity index (χ0) is 15.5. The van der Waals surface area contributed by atoms with Crippen molar-refractivity contribution in [3.63, 3.8) is 0 Å².